The number of anilines is 1. The van der Waals surface area contributed by atoms with Gasteiger partial charge in [-0.2, -0.15) is 13.2 Å². The minimum absolute atomic E-state index is 0.0440. The monoisotopic (exact) mass is 405 g/mol. The Morgan fingerprint density at radius 2 is 1.69 bits per heavy atom. The third kappa shape index (κ3) is 5.97. The fraction of sp³-hybridized carbons (Fsp3) is 0.333. The molecule has 5 nitrogen and oxygen atoms in total. The van der Waals surface area contributed by atoms with E-state index in [4.69, 9.17) is 0 Å². The van der Waals surface area contributed by atoms with E-state index in [1.807, 2.05) is 0 Å². The van der Waals surface area contributed by atoms with Crippen molar-refractivity contribution in [1.29, 1.82) is 0 Å². The molecule has 0 spiro atoms. The lowest BCUT2D eigenvalue weighted by molar-refractivity contribution is -0.137. The normalized spacial score (nSPS) is 14.4. The number of urea groups is 1. The lowest BCUT2D eigenvalue weighted by Crippen LogP contribution is -2.32. The van der Waals surface area contributed by atoms with Gasteiger partial charge >= 0.3 is 12.2 Å². The van der Waals surface area contributed by atoms with Crippen LogP contribution < -0.4 is 16.0 Å². The van der Waals surface area contributed by atoms with Crippen molar-refractivity contribution in [2.24, 2.45) is 0 Å². The fourth-order valence-electron chi connectivity index (χ4n) is 3.26. The van der Waals surface area contributed by atoms with Crippen LogP contribution in [-0.4, -0.2) is 18.0 Å². The number of alkyl halides is 3. The second-order valence-electron chi connectivity index (χ2n) is 7.04. The van der Waals surface area contributed by atoms with Gasteiger partial charge in [0.15, 0.2) is 0 Å². The maximum atomic E-state index is 12.7. The van der Waals surface area contributed by atoms with Gasteiger partial charge in [-0.15, -0.1) is 0 Å². The van der Waals surface area contributed by atoms with Crippen molar-refractivity contribution in [3.05, 3.63) is 65.2 Å². The van der Waals surface area contributed by atoms with E-state index in [0.29, 0.717) is 16.8 Å². The first-order valence-electron chi connectivity index (χ1n) is 9.43. The van der Waals surface area contributed by atoms with Crippen LogP contribution in [0.4, 0.5) is 23.7 Å². The van der Waals surface area contributed by atoms with Crippen molar-refractivity contribution in [2.45, 2.75) is 44.4 Å². The second kappa shape index (κ2) is 8.98. The third-order valence-corrected chi connectivity index (χ3v) is 4.80. The van der Waals surface area contributed by atoms with Crippen LogP contribution in [0.15, 0.2) is 48.5 Å². The van der Waals surface area contributed by atoms with E-state index in [0.717, 1.165) is 37.8 Å². The molecule has 8 heteroatoms. The number of benzene rings is 2. The number of carbonyl (C=O) groups is 2. The first kappa shape index (κ1) is 20.7. The van der Waals surface area contributed by atoms with Gasteiger partial charge in [-0.25, -0.2) is 4.79 Å². The van der Waals surface area contributed by atoms with Crippen molar-refractivity contribution in [3.63, 3.8) is 0 Å². The number of halogens is 3. The van der Waals surface area contributed by atoms with E-state index in [1.165, 1.54) is 12.1 Å². The number of carbonyl (C=O) groups excluding carboxylic acids is 2. The van der Waals surface area contributed by atoms with E-state index in [2.05, 4.69) is 16.0 Å². The topological polar surface area (TPSA) is 70.2 Å². The van der Waals surface area contributed by atoms with Crippen LogP contribution in [0, 0.1) is 0 Å². The van der Waals surface area contributed by atoms with Gasteiger partial charge in [0.05, 0.1) is 5.56 Å². The largest absolute Gasteiger partial charge is 0.416 e. The zero-order chi connectivity index (χ0) is 20.9. The Kier molecular flexibility index (Phi) is 6.41. The molecule has 29 heavy (non-hydrogen) atoms. The predicted molar refractivity (Wildman–Crippen MR) is 103 cm³/mol. The molecule has 0 unspecified atom stereocenters. The summed E-state index contributed by atoms with van der Waals surface area (Å²) in [5.74, 6) is -0.141. The Hall–Kier alpha value is -3.03. The zero-order valence-corrected chi connectivity index (χ0v) is 15.7. The molecule has 1 aliphatic rings. The van der Waals surface area contributed by atoms with Crippen molar-refractivity contribution in [3.8, 4) is 0 Å². The van der Waals surface area contributed by atoms with Crippen LogP contribution >= 0.6 is 0 Å². The molecule has 1 saturated carbocycles. The van der Waals surface area contributed by atoms with Crippen LogP contribution in [0.3, 0.4) is 0 Å². The SMILES string of the molecule is O=C(NCc1cccc(C(F)(F)F)c1)Nc1ccc(C(=O)NC2CCCC2)cc1. The summed E-state index contributed by atoms with van der Waals surface area (Å²) in [6.07, 6.45) is -0.175. The highest BCUT2D eigenvalue weighted by Gasteiger charge is 2.30. The standard InChI is InChI=1S/C21H22F3N3O2/c22-21(23,24)16-5-3-4-14(12-16)13-25-20(29)27-18-10-8-15(9-11-18)19(28)26-17-6-1-2-7-17/h3-5,8-12,17H,1-2,6-7,13H2,(H,26,28)(H2,25,27,29). The Labute approximate surface area is 166 Å². The smallest absolute Gasteiger partial charge is 0.349 e. The average Bonchev–Trinajstić information content (AvgIpc) is 3.19. The van der Waals surface area contributed by atoms with E-state index >= 15 is 0 Å². The van der Waals surface area contributed by atoms with Crippen molar-refractivity contribution in [2.75, 3.05) is 5.32 Å². The highest BCUT2D eigenvalue weighted by atomic mass is 19.4. The van der Waals surface area contributed by atoms with Crippen LogP contribution in [-0.2, 0) is 12.7 Å². The quantitative estimate of drug-likeness (QED) is 0.675. The van der Waals surface area contributed by atoms with E-state index in [9.17, 15) is 22.8 Å². The molecule has 3 amide bonds. The number of hydrogen-bond acceptors (Lipinski definition) is 2. The molecule has 2 aromatic carbocycles. The Balaban J connectivity index is 1.50. The Morgan fingerprint density at radius 3 is 2.34 bits per heavy atom. The molecule has 3 N–H and O–H groups in total. The Morgan fingerprint density at radius 1 is 1.00 bits per heavy atom. The van der Waals surface area contributed by atoms with Crippen LogP contribution in [0.25, 0.3) is 0 Å². The molecule has 0 aromatic heterocycles. The number of amides is 3. The highest BCUT2D eigenvalue weighted by Crippen LogP contribution is 2.29. The third-order valence-electron chi connectivity index (χ3n) is 4.80. The highest BCUT2D eigenvalue weighted by molar-refractivity contribution is 5.95. The lowest BCUT2D eigenvalue weighted by atomic mass is 10.1. The van der Waals surface area contributed by atoms with Crippen LogP contribution in [0.5, 0.6) is 0 Å². The van der Waals surface area contributed by atoms with Gasteiger partial charge in [0.2, 0.25) is 0 Å². The molecule has 3 rings (SSSR count). The molecule has 1 fully saturated rings. The number of nitrogens with one attached hydrogen (secondary N) is 3. The molecule has 0 heterocycles. The summed E-state index contributed by atoms with van der Waals surface area (Å²) in [7, 11) is 0. The molecule has 0 atom stereocenters. The lowest BCUT2D eigenvalue weighted by Gasteiger charge is -2.12. The predicted octanol–water partition coefficient (Wildman–Crippen LogP) is 4.70. The summed E-state index contributed by atoms with van der Waals surface area (Å²) in [6.45, 7) is -0.0440. The van der Waals surface area contributed by atoms with E-state index in [1.54, 1.807) is 24.3 Å². The number of rotatable bonds is 5. The molecule has 0 bridgehead atoms. The summed E-state index contributed by atoms with van der Waals surface area (Å²) in [6, 6.07) is 10.9. The Bertz CT molecular complexity index is 860. The van der Waals surface area contributed by atoms with Gasteiger partial charge in [-0.05, 0) is 54.8 Å². The van der Waals surface area contributed by atoms with Crippen molar-refractivity contribution < 1.29 is 22.8 Å². The van der Waals surface area contributed by atoms with Crippen molar-refractivity contribution in [1.82, 2.24) is 10.6 Å². The minimum atomic E-state index is -4.43. The summed E-state index contributed by atoms with van der Waals surface area (Å²) in [5.41, 5.74) is 0.563. The zero-order valence-electron chi connectivity index (χ0n) is 15.7. The van der Waals surface area contributed by atoms with Crippen LogP contribution in [0.2, 0.25) is 0 Å². The molecule has 154 valence electrons. The van der Waals surface area contributed by atoms with Gasteiger partial charge < -0.3 is 16.0 Å². The fourth-order valence-corrected chi connectivity index (χ4v) is 3.26. The summed E-state index contributed by atoms with van der Waals surface area (Å²) < 4.78 is 38.2. The molecule has 0 aliphatic heterocycles. The van der Waals surface area contributed by atoms with Crippen LogP contribution in [0.1, 0.15) is 47.2 Å². The maximum Gasteiger partial charge on any atom is 0.416 e. The average molecular weight is 405 g/mol. The van der Waals surface area contributed by atoms with Crippen molar-refractivity contribution >= 4 is 17.6 Å². The summed E-state index contributed by atoms with van der Waals surface area (Å²) in [5, 5.41) is 8.10. The molecule has 0 radical (unpaired) electrons. The molecular formula is C21H22F3N3O2. The first-order valence-corrected chi connectivity index (χ1v) is 9.43. The molecule has 0 saturated heterocycles. The summed E-state index contributed by atoms with van der Waals surface area (Å²) in [4.78, 5) is 24.2. The van der Waals surface area contributed by atoms with E-state index < -0.39 is 17.8 Å². The first-order chi connectivity index (χ1) is 13.8. The second-order valence-corrected chi connectivity index (χ2v) is 7.04. The summed E-state index contributed by atoms with van der Waals surface area (Å²) >= 11 is 0. The number of hydrogen-bond donors (Lipinski definition) is 3. The van der Waals surface area contributed by atoms with Gasteiger partial charge in [-0.3, -0.25) is 4.79 Å². The molecule has 1 aliphatic carbocycles. The molecule has 2 aromatic rings. The molecular weight excluding hydrogens is 383 g/mol. The van der Waals surface area contributed by atoms with Gasteiger partial charge in [0.1, 0.15) is 0 Å². The van der Waals surface area contributed by atoms with Gasteiger partial charge in [0, 0.05) is 23.8 Å². The van der Waals surface area contributed by atoms with Gasteiger partial charge in [-0.1, -0.05) is 25.0 Å². The van der Waals surface area contributed by atoms with E-state index in [-0.39, 0.29) is 18.5 Å². The minimum Gasteiger partial charge on any atom is -0.349 e. The maximum absolute atomic E-state index is 12.7. The van der Waals surface area contributed by atoms with Gasteiger partial charge in [0.25, 0.3) is 5.91 Å².